The summed E-state index contributed by atoms with van der Waals surface area (Å²) in [7, 11) is 0. The van der Waals surface area contributed by atoms with E-state index in [9.17, 15) is 9.90 Å². The van der Waals surface area contributed by atoms with Gasteiger partial charge in [-0.05, 0) is 49.0 Å². The van der Waals surface area contributed by atoms with Gasteiger partial charge < -0.3 is 19.3 Å². The highest BCUT2D eigenvalue weighted by Crippen LogP contribution is 2.70. The molecule has 0 unspecified atom stereocenters. The molecule has 0 aromatic rings. The van der Waals surface area contributed by atoms with Gasteiger partial charge in [0.1, 0.15) is 0 Å². The molecule has 0 aromatic heterocycles. The van der Waals surface area contributed by atoms with Crippen molar-refractivity contribution in [3.63, 3.8) is 0 Å². The number of carboxylic acids is 1. The van der Waals surface area contributed by atoms with Gasteiger partial charge in [-0.2, -0.15) is 0 Å². The van der Waals surface area contributed by atoms with Gasteiger partial charge in [-0.3, -0.25) is 0 Å². The molecular weight excluding hydrogens is 344 g/mol. The van der Waals surface area contributed by atoms with E-state index in [0.717, 1.165) is 12.8 Å². The van der Waals surface area contributed by atoms with Crippen LogP contribution in [-0.2, 0) is 19.0 Å². The molecule has 1 N–H and O–H groups in total. The van der Waals surface area contributed by atoms with E-state index in [-0.39, 0.29) is 35.1 Å². The average molecular weight is 374 g/mol. The van der Waals surface area contributed by atoms with Crippen molar-refractivity contribution in [2.24, 2.45) is 34.5 Å². The molecule has 0 radical (unpaired) electrons. The largest absolute Gasteiger partial charge is 0.479 e. The quantitative estimate of drug-likeness (QED) is 0.767. The Morgan fingerprint density at radius 3 is 2.89 bits per heavy atom. The van der Waals surface area contributed by atoms with Gasteiger partial charge in [0.2, 0.25) is 0 Å². The number of carbonyl (C=O) groups is 1. The average Bonchev–Trinajstić information content (AvgIpc) is 2.83. The maximum atomic E-state index is 12.3. The van der Waals surface area contributed by atoms with Gasteiger partial charge in [0, 0.05) is 24.4 Å². The first kappa shape index (κ1) is 17.9. The highest BCUT2D eigenvalue weighted by atomic mass is 16.7. The predicted molar refractivity (Wildman–Crippen MR) is 98.9 cm³/mol. The lowest BCUT2D eigenvalue weighted by Gasteiger charge is -2.65. The number of aliphatic carboxylic acids is 1. The number of hydrogen-bond acceptors (Lipinski definition) is 4. The minimum atomic E-state index is -1.23. The Bertz CT molecular complexity index is 715. The van der Waals surface area contributed by atoms with E-state index in [1.807, 2.05) is 13.0 Å². The molecule has 2 saturated heterocycles. The summed E-state index contributed by atoms with van der Waals surface area (Å²) in [5, 5.41) is 10.1. The lowest BCUT2D eigenvalue weighted by atomic mass is 9.41. The topological polar surface area (TPSA) is 65.0 Å². The summed E-state index contributed by atoms with van der Waals surface area (Å²) in [4.78, 5) is 12.3. The van der Waals surface area contributed by atoms with Crippen molar-refractivity contribution in [2.45, 2.75) is 58.0 Å². The third-order valence-corrected chi connectivity index (χ3v) is 8.53. The standard InChI is InChI=1S/C22H30O5/c1-4-25-18-11-16-21-12-26-22(16,19(23)24)9-7-15(21)20(3)8-5-6-13(2)14(20)10-17(21)27-18/h5-7,9,13-18H,4,8,10-12H2,1-3H3,(H,23,24)/t13-,14+,15-,16-,17-,18+,20+,21-,22-/m1/s1. The van der Waals surface area contributed by atoms with Crippen molar-refractivity contribution in [1.82, 2.24) is 0 Å². The second-order valence-corrected chi connectivity index (χ2v) is 9.47. The lowest BCUT2D eigenvalue weighted by Crippen LogP contribution is -2.67. The molecule has 2 aliphatic heterocycles. The van der Waals surface area contributed by atoms with Crippen LogP contribution >= 0.6 is 0 Å². The van der Waals surface area contributed by atoms with E-state index in [4.69, 9.17) is 14.2 Å². The first-order chi connectivity index (χ1) is 12.9. The summed E-state index contributed by atoms with van der Waals surface area (Å²) in [5.41, 5.74) is -1.39. The molecule has 1 spiro atoms. The SMILES string of the molecule is CCO[C@@H]1C[C@@H]2[C@@]34CO[C@]2(C(=O)O)C=C[C@@H]3[C@@]2(C)CC=C[C@@H](C)[C@@H]2C[C@H]4O1. The molecule has 3 fully saturated rings. The summed E-state index contributed by atoms with van der Waals surface area (Å²) in [5.74, 6) is 0.305. The second-order valence-electron chi connectivity index (χ2n) is 9.47. The molecule has 9 atom stereocenters. The van der Waals surface area contributed by atoms with Gasteiger partial charge >= 0.3 is 5.97 Å². The summed E-state index contributed by atoms with van der Waals surface area (Å²) in [6, 6.07) is 0. The maximum absolute atomic E-state index is 12.3. The van der Waals surface area contributed by atoms with Crippen molar-refractivity contribution in [1.29, 1.82) is 0 Å². The van der Waals surface area contributed by atoms with Crippen LogP contribution in [0.25, 0.3) is 0 Å². The van der Waals surface area contributed by atoms with Crippen LogP contribution in [0.1, 0.15) is 40.0 Å². The highest BCUT2D eigenvalue weighted by Gasteiger charge is 2.75. The second kappa shape index (κ2) is 5.68. The van der Waals surface area contributed by atoms with Crippen molar-refractivity contribution in [3.8, 4) is 0 Å². The normalized spacial score (nSPS) is 55.1. The molecule has 3 aliphatic carbocycles. The van der Waals surface area contributed by atoms with Crippen LogP contribution in [0.4, 0.5) is 0 Å². The molecule has 5 heteroatoms. The van der Waals surface area contributed by atoms with Crippen LogP contribution in [0.2, 0.25) is 0 Å². The van der Waals surface area contributed by atoms with Crippen LogP contribution in [-0.4, -0.2) is 42.3 Å². The fourth-order valence-electron chi connectivity index (χ4n) is 7.38. The number of carboxylic acid groups (broad SMARTS) is 1. The summed E-state index contributed by atoms with van der Waals surface area (Å²) in [6.45, 7) is 7.69. The number of fused-ring (bicyclic) bond motifs is 2. The number of ether oxygens (including phenoxy) is 3. The lowest BCUT2D eigenvalue weighted by molar-refractivity contribution is -0.287. The van der Waals surface area contributed by atoms with Crippen LogP contribution in [0, 0.1) is 34.5 Å². The van der Waals surface area contributed by atoms with Crippen LogP contribution < -0.4 is 0 Å². The number of allylic oxidation sites excluding steroid dienone is 3. The fraction of sp³-hybridized carbons (Fsp3) is 0.773. The van der Waals surface area contributed by atoms with Crippen LogP contribution in [0.3, 0.4) is 0 Å². The summed E-state index contributed by atoms with van der Waals surface area (Å²) in [6.07, 6.45) is 10.9. The van der Waals surface area contributed by atoms with Gasteiger partial charge in [0.05, 0.1) is 12.7 Å². The van der Waals surface area contributed by atoms with Crippen LogP contribution in [0.15, 0.2) is 24.3 Å². The maximum Gasteiger partial charge on any atom is 0.340 e. The Hall–Kier alpha value is -1.17. The summed E-state index contributed by atoms with van der Waals surface area (Å²) >= 11 is 0. The van der Waals surface area contributed by atoms with Crippen molar-refractivity contribution in [3.05, 3.63) is 24.3 Å². The van der Waals surface area contributed by atoms with Gasteiger partial charge in [-0.25, -0.2) is 4.79 Å². The fourth-order valence-corrected chi connectivity index (χ4v) is 7.38. The molecule has 0 amide bonds. The molecule has 1 saturated carbocycles. The van der Waals surface area contributed by atoms with Crippen molar-refractivity contribution < 1.29 is 24.1 Å². The molecule has 2 heterocycles. The third-order valence-electron chi connectivity index (χ3n) is 8.53. The van der Waals surface area contributed by atoms with E-state index >= 15 is 0 Å². The van der Waals surface area contributed by atoms with Gasteiger partial charge in [0.25, 0.3) is 0 Å². The Morgan fingerprint density at radius 1 is 1.33 bits per heavy atom. The zero-order valence-electron chi connectivity index (χ0n) is 16.4. The summed E-state index contributed by atoms with van der Waals surface area (Å²) < 4.78 is 18.5. The van der Waals surface area contributed by atoms with Crippen molar-refractivity contribution >= 4 is 5.97 Å². The molecule has 5 rings (SSSR count). The van der Waals surface area contributed by atoms with Gasteiger partial charge in [-0.1, -0.05) is 32.1 Å². The Labute approximate surface area is 160 Å². The third kappa shape index (κ3) is 2.03. The minimum Gasteiger partial charge on any atom is -0.479 e. The van der Waals surface area contributed by atoms with E-state index in [0.29, 0.717) is 31.5 Å². The molecule has 5 nitrogen and oxygen atoms in total. The predicted octanol–water partition coefficient (Wildman–Crippen LogP) is 3.40. The zero-order valence-corrected chi connectivity index (χ0v) is 16.4. The van der Waals surface area contributed by atoms with Crippen molar-refractivity contribution in [2.75, 3.05) is 13.2 Å². The Kier molecular flexibility index (Phi) is 3.76. The monoisotopic (exact) mass is 374 g/mol. The highest BCUT2D eigenvalue weighted by molar-refractivity contribution is 5.82. The first-order valence-corrected chi connectivity index (χ1v) is 10.4. The molecule has 27 heavy (non-hydrogen) atoms. The molecule has 2 bridgehead atoms. The van der Waals surface area contributed by atoms with Gasteiger partial charge in [-0.15, -0.1) is 0 Å². The minimum absolute atomic E-state index is 0.0176. The first-order valence-electron chi connectivity index (χ1n) is 10.4. The van der Waals surface area contributed by atoms with E-state index in [1.165, 1.54) is 0 Å². The van der Waals surface area contributed by atoms with Crippen LogP contribution in [0.5, 0.6) is 0 Å². The number of rotatable bonds is 3. The smallest absolute Gasteiger partial charge is 0.340 e. The Morgan fingerprint density at radius 2 is 2.15 bits per heavy atom. The zero-order chi connectivity index (χ0) is 19.0. The van der Waals surface area contributed by atoms with E-state index in [2.05, 4.69) is 32.1 Å². The van der Waals surface area contributed by atoms with Gasteiger partial charge in [0.15, 0.2) is 11.9 Å². The molecule has 148 valence electrons. The van der Waals surface area contributed by atoms with E-state index in [1.54, 1.807) is 0 Å². The molecule has 0 aromatic carbocycles. The molecule has 5 aliphatic rings. The van der Waals surface area contributed by atoms with E-state index < -0.39 is 11.6 Å². The Balaban J connectivity index is 1.66. The number of hydrogen-bond donors (Lipinski definition) is 1. The molecular formula is C22H30O5.